The number of likely N-dealkylation sites (N-methyl/N-ethyl adjacent to an activating group) is 1. The van der Waals surface area contributed by atoms with Crippen LogP contribution >= 0.6 is 0 Å². The predicted molar refractivity (Wildman–Crippen MR) is 93.5 cm³/mol. The van der Waals surface area contributed by atoms with Crippen molar-refractivity contribution in [1.29, 1.82) is 0 Å². The summed E-state index contributed by atoms with van der Waals surface area (Å²) in [5.74, 6) is 0.641. The zero-order chi connectivity index (χ0) is 17.3. The fourth-order valence-corrected chi connectivity index (χ4v) is 3.32. The highest BCUT2D eigenvalue weighted by molar-refractivity contribution is 7.90. The molecule has 1 aromatic carbocycles. The molecular weight excluding hydrogens is 328 g/mol. The van der Waals surface area contributed by atoms with E-state index in [0.29, 0.717) is 23.7 Å². The number of hydrogen-bond acceptors (Lipinski definition) is 7. The summed E-state index contributed by atoms with van der Waals surface area (Å²) >= 11 is 0. The van der Waals surface area contributed by atoms with Crippen molar-refractivity contribution in [2.24, 2.45) is 7.05 Å². The summed E-state index contributed by atoms with van der Waals surface area (Å²) in [6.45, 7) is 0.640. The zero-order valence-corrected chi connectivity index (χ0v) is 14.6. The van der Waals surface area contributed by atoms with Gasteiger partial charge in [-0.1, -0.05) is 6.07 Å². The monoisotopic (exact) mass is 348 g/mol. The predicted octanol–water partition coefficient (Wildman–Crippen LogP) is 1.27. The molecule has 9 heteroatoms. The first-order valence-electron chi connectivity index (χ1n) is 7.36. The molecule has 0 bridgehead atoms. The van der Waals surface area contributed by atoms with Crippen molar-refractivity contribution >= 4 is 27.0 Å². The summed E-state index contributed by atoms with van der Waals surface area (Å²) in [4.78, 5) is 0.235. The minimum absolute atomic E-state index is 0.235. The average molecular weight is 348 g/mol. The molecule has 3 rings (SSSR count). The fourth-order valence-electron chi connectivity index (χ4n) is 2.46. The van der Waals surface area contributed by atoms with E-state index in [2.05, 4.69) is 21.2 Å². The van der Waals surface area contributed by atoms with Crippen molar-refractivity contribution in [3.63, 3.8) is 0 Å². The summed E-state index contributed by atoms with van der Waals surface area (Å²) < 4.78 is 26.0. The number of hydrazine groups is 1. The highest BCUT2D eigenvalue weighted by Gasteiger charge is 2.20. The summed E-state index contributed by atoms with van der Waals surface area (Å²) in [7, 11) is 0.337. The lowest BCUT2D eigenvalue weighted by molar-refractivity contribution is 0.329. The van der Waals surface area contributed by atoms with Crippen LogP contribution in [0.4, 0.5) is 17.2 Å². The standard InChI is InChI=1S/C15H20N6O2S/c1-20-8-7-14(19-20)18-12-5-4-6-13(24(3,22)23)15(12)17-11-9-16-21(2)10-11/h4-9,16-17H,10H2,1-3H3,(H,18,19). The molecule has 0 saturated heterocycles. The van der Waals surface area contributed by atoms with Gasteiger partial charge in [0.25, 0.3) is 0 Å². The van der Waals surface area contributed by atoms with Crippen LogP contribution in [-0.4, -0.2) is 43.1 Å². The third-order valence-corrected chi connectivity index (χ3v) is 4.69. The Morgan fingerprint density at radius 2 is 2.00 bits per heavy atom. The maximum Gasteiger partial charge on any atom is 0.177 e. The molecule has 1 aromatic heterocycles. The lowest BCUT2D eigenvalue weighted by atomic mass is 10.2. The van der Waals surface area contributed by atoms with Crippen molar-refractivity contribution in [3.8, 4) is 0 Å². The molecule has 0 atom stereocenters. The second kappa shape index (κ2) is 6.17. The van der Waals surface area contributed by atoms with Gasteiger partial charge in [-0.25, -0.2) is 13.4 Å². The van der Waals surface area contributed by atoms with Gasteiger partial charge in [-0.3, -0.25) is 4.68 Å². The summed E-state index contributed by atoms with van der Waals surface area (Å²) in [6.07, 6.45) is 4.82. The number of hydrogen-bond donors (Lipinski definition) is 3. The van der Waals surface area contributed by atoms with Crippen LogP contribution in [0.5, 0.6) is 0 Å². The molecule has 128 valence electrons. The highest BCUT2D eigenvalue weighted by atomic mass is 32.2. The van der Waals surface area contributed by atoms with Crippen LogP contribution in [0.1, 0.15) is 0 Å². The van der Waals surface area contributed by atoms with Gasteiger partial charge in [-0.2, -0.15) is 5.10 Å². The summed E-state index contributed by atoms with van der Waals surface area (Å²) in [5, 5.41) is 12.6. The van der Waals surface area contributed by atoms with E-state index < -0.39 is 9.84 Å². The van der Waals surface area contributed by atoms with Gasteiger partial charge in [-0.15, -0.1) is 0 Å². The van der Waals surface area contributed by atoms with Gasteiger partial charge in [0.2, 0.25) is 0 Å². The highest BCUT2D eigenvalue weighted by Crippen LogP contribution is 2.33. The first-order chi connectivity index (χ1) is 11.3. The molecule has 0 aliphatic carbocycles. The molecule has 1 aliphatic heterocycles. The van der Waals surface area contributed by atoms with Gasteiger partial charge in [0.1, 0.15) is 0 Å². The zero-order valence-electron chi connectivity index (χ0n) is 13.7. The van der Waals surface area contributed by atoms with Crippen molar-refractivity contribution in [3.05, 3.63) is 42.4 Å². The van der Waals surface area contributed by atoms with Gasteiger partial charge >= 0.3 is 0 Å². The molecule has 0 amide bonds. The van der Waals surface area contributed by atoms with E-state index in [9.17, 15) is 8.42 Å². The largest absolute Gasteiger partial charge is 0.354 e. The molecule has 0 spiro atoms. The van der Waals surface area contributed by atoms with Gasteiger partial charge in [0.15, 0.2) is 15.7 Å². The number of sulfone groups is 1. The average Bonchev–Trinajstić information content (AvgIpc) is 3.08. The number of nitrogens with one attached hydrogen (secondary N) is 3. The molecule has 2 aromatic rings. The van der Waals surface area contributed by atoms with Crippen LogP contribution in [0.2, 0.25) is 0 Å². The summed E-state index contributed by atoms with van der Waals surface area (Å²) in [6, 6.07) is 6.94. The number of para-hydroxylation sites is 1. The van der Waals surface area contributed by atoms with E-state index in [1.807, 2.05) is 43.6 Å². The Morgan fingerprint density at radius 1 is 1.21 bits per heavy atom. The van der Waals surface area contributed by atoms with Crippen LogP contribution < -0.4 is 16.1 Å². The molecule has 2 heterocycles. The van der Waals surface area contributed by atoms with Crippen molar-refractivity contribution < 1.29 is 8.42 Å². The summed E-state index contributed by atoms with van der Waals surface area (Å²) in [5.41, 5.74) is 5.07. The molecule has 0 unspecified atom stereocenters. The van der Waals surface area contributed by atoms with E-state index >= 15 is 0 Å². The maximum atomic E-state index is 12.2. The smallest absolute Gasteiger partial charge is 0.177 e. The topological polar surface area (TPSA) is 91.3 Å². The van der Waals surface area contributed by atoms with E-state index in [-0.39, 0.29) is 4.90 Å². The van der Waals surface area contributed by atoms with Crippen molar-refractivity contribution in [1.82, 2.24) is 20.2 Å². The lowest BCUT2D eigenvalue weighted by Gasteiger charge is -2.17. The number of anilines is 3. The second-order valence-corrected chi connectivity index (χ2v) is 7.71. The number of benzene rings is 1. The van der Waals surface area contributed by atoms with Gasteiger partial charge < -0.3 is 16.1 Å². The van der Waals surface area contributed by atoms with Gasteiger partial charge in [0, 0.05) is 44.5 Å². The van der Waals surface area contributed by atoms with E-state index in [1.54, 1.807) is 16.8 Å². The Hall–Kier alpha value is -2.52. The molecule has 0 radical (unpaired) electrons. The second-order valence-electron chi connectivity index (χ2n) is 5.73. The van der Waals surface area contributed by atoms with Crippen LogP contribution in [0, 0.1) is 0 Å². The number of aryl methyl sites for hydroxylation is 1. The molecular formula is C15H20N6O2S. The van der Waals surface area contributed by atoms with Crippen LogP contribution in [-0.2, 0) is 16.9 Å². The quantitative estimate of drug-likeness (QED) is 0.749. The number of nitrogens with zero attached hydrogens (tertiary/aromatic N) is 3. The van der Waals surface area contributed by atoms with Crippen LogP contribution in [0.3, 0.4) is 0 Å². The van der Waals surface area contributed by atoms with Crippen molar-refractivity contribution in [2.45, 2.75) is 4.90 Å². The maximum absolute atomic E-state index is 12.2. The molecule has 0 fully saturated rings. The Labute approximate surface area is 141 Å². The Kier molecular flexibility index (Phi) is 4.20. The number of rotatable bonds is 5. The minimum atomic E-state index is -3.39. The molecule has 24 heavy (non-hydrogen) atoms. The molecule has 1 aliphatic rings. The fraction of sp³-hybridized carbons (Fsp3) is 0.267. The minimum Gasteiger partial charge on any atom is -0.354 e. The Balaban J connectivity index is 2.01. The van der Waals surface area contributed by atoms with Crippen LogP contribution in [0.15, 0.2) is 47.3 Å². The third-order valence-electron chi connectivity index (χ3n) is 3.55. The molecule has 3 N–H and O–H groups in total. The van der Waals surface area contributed by atoms with Crippen LogP contribution in [0.25, 0.3) is 0 Å². The Morgan fingerprint density at radius 3 is 2.58 bits per heavy atom. The van der Waals surface area contributed by atoms with Crippen molar-refractivity contribution in [2.75, 3.05) is 30.5 Å². The van der Waals surface area contributed by atoms with E-state index in [4.69, 9.17) is 0 Å². The van der Waals surface area contributed by atoms with Gasteiger partial charge in [0.05, 0.1) is 22.8 Å². The van der Waals surface area contributed by atoms with E-state index in [0.717, 1.165) is 5.70 Å². The molecule has 0 saturated carbocycles. The van der Waals surface area contributed by atoms with E-state index in [1.165, 1.54) is 6.26 Å². The number of aromatic nitrogens is 2. The Bertz CT molecular complexity index is 887. The van der Waals surface area contributed by atoms with Gasteiger partial charge in [-0.05, 0) is 12.1 Å². The first-order valence-corrected chi connectivity index (χ1v) is 9.25. The first kappa shape index (κ1) is 16.3. The third kappa shape index (κ3) is 3.52. The normalized spacial score (nSPS) is 15.0. The SMILES string of the molecule is CN1CC(Nc2c(Nc3ccn(C)n3)cccc2S(C)(=O)=O)=CN1. The lowest BCUT2D eigenvalue weighted by Crippen LogP contribution is -2.25. The molecule has 8 nitrogen and oxygen atoms in total.